The minimum atomic E-state index is 0. The van der Waals surface area contributed by atoms with Crippen molar-refractivity contribution in [1.29, 1.82) is 0 Å². The van der Waals surface area contributed by atoms with Gasteiger partial charge < -0.3 is 14.9 Å². The van der Waals surface area contributed by atoms with Gasteiger partial charge in [0.15, 0.2) is 0 Å². The molecule has 0 N–H and O–H groups in total. The Balaban J connectivity index is -0.000000270. The molecule has 0 saturated carbocycles. The molecule has 0 nitrogen and oxygen atoms in total. The van der Waals surface area contributed by atoms with Crippen LogP contribution in [0.5, 0.6) is 0 Å². The van der Waals surface area contributed by atoms with Gasteiger partial charge in [-0.1, -0.05) is 26.2 Å². The van der Waals surface area contributed by atoms with E-state index in [9.17, 15) is 0 Å². The molecule has 0 aliphatic carbocycles. The van der Waals surface area contributed by atoms with Gasteiger partial charge in [0.2, 0.25) is 0 Å². The van der Waals surface area contributed by atoms with Crippen molar-refractivity contribution < 1.29 is 25.8 Å². The molecule has 70 valence electrons. The van der Waals surface area contributed by atoms with Crippen molar-refractivity contribution in [2.75, 3.05) is 0 Å². The van der Waals surface area contributed by atoms with E-state index in [1.807, 2.05) is 0 Å². The minimum absolute atomic E-state index is 0. The standard InChI is InChI=1S/C9H13.2CH3.Hf/c1-2-3-6-9-7-4-5-8-9;;;/h4-5,7-8H,2-3,6H2,1H3;2*1H3;/q3*-1;. The average molecular weight is 330 g/mol. The van der Waals surface area contributed by atoms with Gasteiger partial charge >= 0.3 is 0 Å². The molecule has 1 aromatic rings. The van der Waals surface area contributed by atoms with Gasteiger partial charge in [-0.3, -0.25) is 0 Å². The summed E-state index contributed by atoms with van der Waals surface area (Å²) >= 11 is 0. The van der Waals surface area contributed by atoms with Crippen molar-refractivity contribution in [1.82, 2.24) is 0 Å². The van der Waals surface area contributed by atoms with Crippen LogP contribution in [0, 0.1) is 14.9 Å². The number of hydrogen-bond donors (Lipinski definition) is 0. The fraction of sp³-hybridized carbons (Fsp3) is 0.364. The Morgan fingerprint density at radius 2 is 1.58 bits per heavy atom. The maximum absolute atomic E-state index is 2.23. The van der Waals surface area contributed by atoms with Crippen LogP contribution < -0.4 is 0 Å². The van der Waals surface area contributed by atoms with Crippen LogP contribution in [0.3, 0.4) is 0 Å². The maximum Gasteiger partial charge on any atom is 0 e. The smallest absolute Gasteiger partial charge is 0 e. The fourth-order valence-corrected chi connectivity index (χ4v) is 0.961. The van der Waals surface area contributed by atoms with Gasteiger partial charge in [0.05, 0.1) is 0 Å². The van der Waals surface area contributed by atoms with E-state index in [1.165, 1.54) is 24.8 Å². The molecule has 0 fully saturated rings. The summed E-state index contributed by atoms with van der Waals surface area (Å²) in [6.45, 7) is 2.23. The largest absolute Gasteiger partial charge is 0.358 e. The first kappa shape index (κ1) is 18.1. The van der Waals surface area contributed by atoms with Gasteiger partial charge in [0, 0.05) is 25.8 Å². The predicted molar refractivity (Wildman–Crippen MR) is 53.5 cm³/mol. The summed E-state index contributed by atoms with van der Waals surface area (Å²) in [7, 11) is 0. The predicted octanol–water partition coefficient (Wildman–Crippen LogP) is 3.65. The quantitative estimate of drug-likeness (QED) is 0.586. The Bertz CT molecular complexity index is 142. The Labute approximate surface area is 96.5 Å². The molecule has 0 aliphatic heterocycles. The van der Waals surface area contributed by atoms with E-state index in [4.69, 9.17) is 0 Å². The monoisotopic (exact) mass is 331 g/mol. The van der Waals surface area contributed by atoms with Crippen molar-refractivity contribution in [3.05, 3.63) is 44.7 Å². The van der Waals surface area contributed by atoms with Crippen molar-refractivity contribution >= 4 is 0 Å². The van der Waals surface area contributed by atoms with Crippen molar-refractivity contribution in [2.24, 2.45) is 0 Å². The molecule has 0 radical (unpaired) electrons. The Morgan fingerprint density at radius 3 is 2.00 bits per heavy atom. The van der Waals surface area contributed by atoms with E-state index in [-0.39, 0.29) is 40.7 Å². The van der Waals surface area contributed by atoms with E-state index in [0.717, 1.165) is 0 Å². The molecule has 1 rings (SSSR count). The zero-order chi connectivity index (χ0) is 6.53. The van der Waals surface area contributed by atoms with Crippen molar-refractivity contribution in [3.63, 3.8) is 0 Å². The molecule has 0 aliphatic rings. The summed E-state index contributed by atoms with van der Waals surface area (Å²) in [6, 6.07) is 8.58. The van der Waals surface area contributed by atoms with Crippen molar-refractivity contribution in [2.45, 2.75) is 26.2 Å². The molecular weight excluding hydrogens is 311 g/mol. The summed E-state index contributed by atoms with van der Waals surface area (Å²) in [4.78, 5) is 0. The van der Waals surface area contributed by atoms with Gasteiger partial charge in [0.1, 0.15) is 0 Å². The summed E-state index contributed by atoms with van der Waals surface area (Å²) in [6.07, 6.45) is 3.87. The first-order chi connectivity index (χ1) is 4.43. The van der Waals surface area contributed by atoms with Crippen molar-refractivity contribution in [3.8, 4) is 0 Å². The molecule has 12 heavy (non-hydrogen) atoms. The summed E-state index contributed by atoms with van der Waals surface area (Å²) in [5.41, 5.74) is 1.48. The summed E-state index contributed by atoms with van der Waals surface area (Å²) < 4.78 is 0. The van der Waals surface area contributed by atoms with E-state index in [1.54, 1.807) is 0 Å². The first-order valence-corrected chi connectivity index (χ1v) is 3.64. The Morgan fingerprint density at radius 1 is 1.08 bits per heavy atom. The number of aryl methyl sites for hydroxylation is 1. The topological polar surface area (TPSA) is 0 Å². The van der Waals surface area contributed by atoms with Crippen LogP contribution in [0.25, 0.3) is 0 Å². The van der Waals surface area contributed by atoms with Crippen LogP contribution in [-0.2, 0) is 32.3 Å². The SMILES string of the molecule is CCCC[c-]1cccc1.[CH3-].[CH3-].[Hf]. The van der Waals surface area contributed by atoms with Crippen LogP contribution in [0.4, 0.5) is 0 Å². The third kappa shape index (κ3) is 6.90. The molecule has 1 heteroatoms. The molecule has 0 heterocycles. The van der Waals surface area contributed by atoms with Gasteiger partial charge in [-0.2, -0.15) is 17.7 Å². The molecule has 0 saturated heterocycles. The second-order valence-electron chi connectivity index (χ2n) is 2.40. The third-order valence-electron chi connectivity index (χ3n) is 1.55. The Kier molecular flexibility index (Phi) is 16.9. The maximum atomic E-state index is 2.23. The van der Waals surface area contributed by atoms with Crippen LogP contribution in [0.15, 0.2) is 24.3 Å². The normalized spacial score (nSPS) is 7.42. The number of rotatable bonds is 3. The van der Waals surface area contributed by atoms with E-state index in [0.29, 0.717) is 0 Å². The van der Waals surface area contributed by atoms with E-state index in [2.05, 4.69) is 31.2 Å². The average Bonchev–Trinajstić information content (AvgIpc) is 2.34. The molecule has 0 amide bonds. The van der Waals surface area contributed by atoms with Gasteiger partial charge in [-0.05, 0) is 0 Å². The molecular formula is C11H19Hf-3. The van der Waals surface area contributed by atoms with Crippen LogP contribution in [-0.4, -0.2) is 0 Å². The van der Waals surface area contributed by atoms with E-state index < -0.39 is 0 Å². The number of unbranched alkanes of at least 4 members (excludes halogenated alkanes) is 1. The van der Waals surface area contributed by atoms with Crippen LogP contribution in [0.1, 0.15) is 25.3 Å². The molecule has 1 aromatic carbocycles. The Hall–Kier alpha value is 0.220. The number of hydrogen-bond acceptors (Lipinski definition) is 0. The zero-order valence-electron chi connectivity index (χ0n) is 8.43. The van der Waals surface area contributed by atoms with Gasteiger partial charge in [-0.25, -0.2) is 12.1 Å². The van der Waals surface area contributed by atoms with Crippen LogP contribution in [0.2, 0.25) is 0 Å². The second kappa shape index (κ2) is 11.2. The molecule has 0 atom stereocenters. The molecule has 0 spiro atoms. The van der Waals surface area contributed by atoms with E-state index >= 15 is 0 Å². The first-order valence-electron chi connectivity index (χ1n) is 3.64. The zero-order valence-corrected chi connectivity index (χ0v) is 12.0. The molecule has 0 aromatic heterocycles. The van der Waals surface area contributed by atoms with Crippen LogP contribution >= 0.6 is 0 Å². The minimum Gasteiger partial charge on any atom is -0.358 e. The second-order valence-corrected chi connectivity index (χ2v) is 2.40. The van der Waals surface area contributed by atoms with Gasteiger partial charge in [0.25, 0.3) is 0 Å². The summed E-state index contributed by atoms with van der Waals surface area (Å²) in [5, 5.41) is 0. The molecule has 0 bridgehead atoms. The fourth-order valence-electron chi connectivity index (χ4n) is 0.961. The van der Waals surface area contributed by atoms with Gasteiger partial charge in [-0.15, -0.1) is 0 Å². The molecule has 0 unspecified atom stereocenters. The third-order valence-corrected chi connectivity index (χ3v) is 1.55. The summed E-state index contributed by atoms with van der Waals surface area (Å²) in [5.74, 6) is 0.